The van der Waals surface area contributed by atoms with Crippen LogP contribution >= 0.6 is 0 Å². The second-order valence-electron chi connectivity index (χ2n) is 5.09. The molecule has 1 saturated heterocycles. The minimum atomic E-state index is -0.901. The fourth-order valence-electron chi connectivity index (χ4n) is 2.08. The molecule has 0 radical (unpaired) electrons. The fourth-order valence-corrected chi connectivity index (χ4v) is 2.08. The first-order chi connectivity index (χ1) is 9.98. The van der Waals surface area contributed by atoms with Crippen LogP contribution in [0, 0.1) is 10.1 Å². The molecular weight excluding hydrogens is 280 g/mol. The normalized spacial score (nSPS) is 17.4. The summed E-state index contributed by atoms with van der Waals surface area (Å²) in [4.78, 5) is 25.2. The Hall–Kier alpha value is -2.00. The zero-order chi connectivity index (χ0) is 15.3. The Labute approximate surface area is 121 Å². The van der Waals surface area contributed by atoms with E-state index in [1.165, 1.54) is 17.1 Å². The molecule has 0 atom stereocenters. The smallest absolute Gasteiger partial charge is 0.381 e. The monoisotopic (exact) mass is 298 g/mol. The Balaban J connectivity index is 1.72. The summed E-state index contributed by atoms with van der Waals surface area (Å²) in [6.07, 6.45) is 3.76. The lowest BCUT2D eigenvalue weighted by Crippen LogP contribution is -2.46. The van der Waals surface area contributed by atoms with E-state index < -0.39 is 10.5 Å². The summed E-state index contributed by atoms with van der Waals surface area (Å²) in [5.41, 5.74) is -0.901. The van der Waals surface area contributed by atoms with Crippen LogP contribution in [0.1, 0.15) is 19.3 Å². The van der Waals surface area contributed by atoms with E-state index in [0.717, 1.165) is 0 Å². The largest absolute Gasteiger partial charge is 0.388 e. The van der Waals surface area contributed by atoms with Gasteiger partial charge in [0.25, 0.3) is 0 Å². The third-order valence-electron chi connectivity index (χ3n) is 3.44. The fraction of sp³-hybridized carbons (Fsp3) is 0.667. The molecule has 9 heteroatoms. The van der Waals surface area contributed by atoms with Gasteiger partial charge in [-0.25, -0.2) is 0 Å². The highest BCUT2D eigenvalue weighted by Crippen LogP contribution is 2.19. The first-order valence-electron chi connectivity index (χ1n) is 6.71. The molecule has 2 rings (SSSR count). The van der Waals surface area contributed by atoms with Crippen molar-refractivity contribution in [1.82, 2.24) is 14.9 Å². The van der Waals surface area contributed by atoms with Crippen LogP contribution < -0.4 is 5.32 Å². The molecule has 21 heavy (non-hydrogen) atoms. The average Bonchev–Trinajstić information content (AvgIpc) is 2.93. The van der Waals surface area contributed by atoms with Gasteiger partial charge in [0, 0.05) is 45.6 Å². The van der Waals surface area contributed by atoms with Gasteiger partial charge >= 0.3 is 5.82 Å². The summed E-state index contributed by atoms with van der Waals surface area (Å²) in [5, 5.41) is 23.3. The Morgan fingerprint density at radius 2 is 2.29 bits per heavy atom. The molecule has 0 aliphatic carbocycles. The van der Waals surface area contributed by atoms with Crippen molar-refractivity contribution in [2.75, 3.05) is 19.8 Å². The summed E-state index contributed by atoms with van der Waals surface area (Å²) in [5.74, 6) is -0.460. The van der Waals surface area contributed by atoms with Crippen LogP contribution in [0.3, 0.4) is 0 Å². The van der Waals surface area contributed by atoms with Gasteiger partial charge in [0.05, 0.1) is 5.60 Å². The summed E-state index contributed by atoms with van der Waals surface area (Å²) >= 11 is 0. The molecule has 1 fully saturated rings. The number of hydrogen-bond acceptors (Lipinski definition) is 6. The second kappa shape index (κ2) is 6.64. The van der Waals surface area contributed by atoms with Crippen LogP contribution in [0.2, 0.25) is 0 Å². The number of nitro groups is 1. The Bertz CT molecular complexity index is 510. The lowest BCUT2D eigenvalue weighted by Gasteiger charge is -2.32. The molecule has 0 spiro atoms. The first kappa shape index (κ1) is 15.4. The highest BCUT2D eigenvalue weighted by molar-refractivity contribution is 5.75. The molecule has 1 amide bonds. The number of hydrogen-bond donors (Lipinski definition) is 2. The molecule has 9 nitrogen and oxygen atoms in total. The number of carbonyl (C=O) groups is 1. The lowest BCUT2D eigenvalue weighted by molar-refractivity contribution is -0.389. The van der Waals surface area contributed by atoms with Gasteiger partial charge < -0.3 is 29.8 Å². The summed E-state index contributed by atoms with van der Waals surface area (Å²) in [6.45, 7) is 1.48. The van der Waals surface area contributed by atoms with Crippen molar-refractivity contribution in [2.45, 2.75) is 31.4 Å². The van der Waals surface area contributed by atoms with Gasteiger partial charge in [-0.15, -0.1) is 0 Å². The van der Waals surface area contributed by atoms with Crippen LogP contribution in [-0.4, -0.2) is 50.8 Å². The van der Waals surface area contributed by atoms with E-state index in [2.05, 4.69) is 10.3 Å². The number of aryl methyl sites for hydroxylation is 1. The lowest BCUT2D eigenvalue weighted by atomic mass is 9.94. The van der Waals surface area contributed by atoms with Crippen LogP contribution in [0.4, 0.5) is 5.82 Å². The number of imidazole rings is 1. The predicted molar refractivity (Wildman–Crippen MR) is 71.5 cm³/mol. The second-order valence-corrected chi connectivity index (χ2v) is 5.09. The average molecular weight is 298 g/mol. The van der Waals surface area contributed by atoms with Crippen molar-refractivity contribution in [3.05, 3.63) is 22.6 Å². The van der Waals surface area contributed by atoms with Crippen molar-refractivity contribution in [2.24, 2.45) is 0 Å². The number of carbonyl (C=O) groups excluding carboxylic acids is 1. The molecule has 116 valence electrons. The van der Waals surface area contributed by atoms with Crippen LogP contribution in [0.25, 0.3) is 0 Å². The Morgan fingerprint density at radius 1 is 1.57 bits per heavy atom. The quantitative estimate of drug-likeness (QED) is 0.556. The minimum absolute atomic E-state index is 0.167. The Morgan fingerprint density at radius 3 is 2.90 bits per heavy atom. The standard InChI is InChI=1S/C12H18N4O5/c17-11(13-8-12(18)2-5-21-6-3-12)1-4-15-7-10(14-9-15)16(19)20/h7,9,18H,1-6,8H2,(H,13,17). The predicted octanol–water partition coefficient (Wildman–Crippen LogP) is -0.161. The van der Waals surface area contributed by atoms with Crippen LogP contribution in [-0.2, 0) is 16.1 Å². The topological polar surface area (TPSA) is 120 Å². The van der Waals surface area contributed by atoms with Crippen molar-refractivity contribution >= 4 is 11.7 Å². The van der Waals surface area contributed by atoms with Crippen LogP contribution in [0.5, 0.6) is 0 Å². The van der Waals surface area contributed by atoms with Gasteiger partial charge in [0.2, 0.25) is 12.2 Å². The summed E-state index contributed by atoms with van der Waals surface area (Å²) in [7, 11) is 0. The molecule has 1 aromatic rings. The molecule has 1 aromatic heterocycles. The summed E-state index contributed by atoms with van der Waals surface area (Å²) in [6, 6.07) is 0. The van der Waals surface area contributed by atoms with Gasteiger partial charge in [0.15, 0.2) is 0 Å². The van der Waals surface area contributed by atoms with Gasteiger partial charge in [0.1, 0.15) is 6.20 Å². The molecular formula is C12H18N4O5. The SMILES string of the molecule is O=C(CCn1cnc([N+](=O)[O-])c1)NCC1(O)CCOCC1. The number of nitrogens with one attached hydrogen (secondary N) is 1. The van der Waals surface area contributed by atoms with Crippen molar-refractivity contribution in [3.63, 3.8) is 0 Å². The zero-order valence-corrected chi connectivity index (χ0v) is 11.5. The van der Waals surface area contributed by atoms with E-state index in [9.17, 15) is 20.0 Å². The molecule has 1 aliphatic heterocycles. The minimum Gasteiger partial charge on any atom is -0.388 e. The van der Waals surface area contributed by atoms with E-state index in [1.54, 1.807) is 0 Å². The van der Waals surface area contributed by atoms with Gasteiger partial charge in [-0.05, 0) is 9.91 Å². The third-order valence-corrected chi connectivity index (χ3v) is 3.44. The van der Waals surface area contributed by atoms with E-state index in [0.29, 0.717) is 32.6 Å². The molecule has 2 N–H and O–H groups in total. The number of aromatic nitrogens is 2. The van der Waals surface area contributed by atoms with Gasteiger partial charge in [-0.1, -0.05) is 0 Å². The third kappa shape index (κ3) is 4.50. The maximum absolute atomic E-state index is 11.7. The molecule has 0 unspecified atom stereocenters. The number of ether oxygens (including phenoxy) is 1. The number of nitrogens with zero attached hydrogens (tertiary/aromatic N) is 3. The maximum atomic E-state index is 11.7. The highest BCUT2D eigenvalue weighted by Gasteiger charge is 2.29. The highest BCUT2D eigenvalue weighted by atomic mass is 16.6. The van der Waals surface area contributed by atoms with Crippen LogP contribution in [0.15, 0.2) is 12.5 Å². The number of aliphatic hydroxyl groups is 1. The molecule has 1 aliphatic rings. The van der Waals surface area contributed by atoms with Gasteiger partial charge in [-0.3, -0.25) is 4.79 Å². The number of rotatable bonds is 6. The maximum Gasteiger partial charge on any atom is 0.381 e. The van der Waals surface area contributed by atoms with E-state index >= 15 is 0 Å². The van der Waals surface area contributed by atoms with Crippen molar-refractivity contribution < 1.29 is 19.6 Å². The molecule has 2 heterocycles. The first-order valence-corrected chi connectivity index (χ1v) is 6.71. The number of amides is 1. The summed E-state index contributed by atoms with van der Waals surface area (Å²) < 4.78 is 6.65. The Kier molecular flexibility index (Phi) is 4.86. The molecule has 0 saturated carbocycles. The van der Waals surface area contributed by atoms with Crippen molar-refractivity contribution in [3.8, 4) is 0 Å². The molecule has 0 aromatic carbocycles. The van der Waals surface area contributed by atoms with E-state index in [1.807, 2.05) is 0 Å². The molecule has 0 bridgehead atoms. The van der Waals surface area contributed by atoms with Gasteiger partial charge in [-0.2, -0.15) is 0 Å². The van der Waals surface area contributed by atoms with Crippen molar-refractivity contribution in [1.29, 1.82) is 0 Å². The van der Waals surface area contributed by atoms with E-state index in [-0.39, 0.29) is 24.7 Å². The zero-order valence-electron chi connectivity index (χ0n) is 11.5. The van der Waals surface area contributed by atoms with E-state index in [4.69, 9.17) is 4.74 Å².